The highest BCUT2D eigenvalue weighted by Crippen LogP contribution is 2.18. The van der Waals surface area contributed by atoms with E-state index in [1.807, 2.05) is 6.92 Å². The fraction of sp³-hybridized carbons (Fsp3) is 0.429. The molecule has 0 amide bonds. The summed E-state index contributed by atoms with van der Waals surface area (Å²) in [5.41, 5.74) is 0.219. The Morgan fingerprint density at radius 2 is 1.55 bits per heavy atom. The number of ether oxygens (including phenoxy) is 2. The maximum Gasteiger partial charge on any atom is 0.337 e. The number of carbonyl (C=O) groups excluding carboxylic acids is 2. The first-order chi connectivity index (χ1) is 10.3. The van der Waals surface area contributed by atoms with Gasteiger partial charge in [0.25, 0.3) is 0 Å². The Bertz CT molecular complexity index is 619. The molecule has 0 radical (unpaired) electrons. The Labute approximate surface area is 129 Å². The van der Waals surface area contributed by atoms with Gasteiger partial charge in [-0.1, -0.05) is 13.3 Å². The number of nitrogens with one attached hydrogen (secondary N) is 1. The number of sulfonamides is 1. The van der Waals surface area contributed by atoms with Crippen LogP contribution in [0.2, 0.25) is 0 Å². The lowest BCUT2D eigenvalue weighted by molar-refractivity contribution is 0.0599. The highest BCUT2D eigenvalue weighted by atomic mass is 32.2. The SMILES string of the molecule is CCCCS(=O)(=O)Nc1cc(C(=O)OC)cc(C(=O)OC)c1. The number of benzene rings is 1. The molecule has 0 aliphatic heterocycles. The Morgan fingerprint density at radius 3 is 1.95 bits per heavy atom. The van der Waals surface area contributed by atoms with Gasteiger partial charge in [-0.2, -0.15) is 0 Å². The number of methoxy groups -OCH3 is 2. The first kappa shape index (κ1) is 18.0. The van der Waals surface area contributed by atoms with Gasteiger partial charge in [0.15, 0.2) is 0 Å². The van der Waals surface area contributed by atoms with Crippen LogP contribution >= 0.6 is 0 Å². The summed E-state index contributed by atoms with van der Waals surface area (Å²) in [7, 11) is -1.16. The van der Waals surface area contributed by atoms with Gasteiger partial charge in [0, 0.05) is 0 Å². The minimum atomic E-state index is -3.55. The maximum atomic E-state index is 11.9. The topological polar surface area (TPSA) is 98.8 Å². The van der Waals surface area contributed by atoms with Crippen molar-refractivity contribution >= 4 is 27.6 Å². The number of anilines is 1. The molecular weight excluding hydrogens is 310 g/mol. The summed E-state index contributed by atoms with van der Waals surface area (Å²) in [6.07, 6.45) is 1.24. The molecule has 0 aliphatic rings. The van der Waals surface area contributed by atoms with Crippen molar-refractivity contribution in [2.24, 2.45) is 0 Å². The fourth-order valence-electron chi connectivity index (χ4n) is 1.72. The second-order valence-electron chi connectivity index (χ2n) is 4.56. The number of esters is 2. The highest BCUT2D eigenvalue weighted by Gasteiger charge is 2.16. The van der Waals surface area contributed by atoms with E-state index in [0.717, 1.165) is 6.42 Å². The third-order valence-corrected chi connectivity index (χ3v) is 4.19. The summed E-state index contributed by atoms with van der Waals surface area (Å²) < 4.78 is 35.4. The van der Waals surface area contributed by atoms with E-state index in [0.29, 0.717) is 6.42 Å². The molecule has 1 aromatic carbocycles. The fourth-order valence-corrected chi connectivity index (χ4v) is 2.97. The van der Waals surface area contributed by atoms with E-state index in [9.17, 15) is 18.0 Å². The van der Waals surface area contributed by atoms with Crippen molar-refractivity contribution in [3.63, 3.8) is 0 Å². The maximum absolute atomic E-state index is 11.9. The van der Waals surface area contributed by atoms with Crippen molar-refractivity contribution in [3.05, 3.63) is 29.3 Å². The van der Waals surface area contributed by atoms with E-state index in [1.54, 1.807) is 0 Å². The van der Waals surface area contributed by atoms with Crippen LogP contribution in [-0.2, 0) is 19.5 Å². The molecule has 0 spiro atoms. The van der Waals surface area contributed by atoms with Gasteiger partial charge in [-0.15, -0.1) is 0 Å². The average molecular weight is 329 g/mol. The molecule has 8 heteroatoms. The van der Waals surface area contributed by atoms with Crippen LogP contribution in [0, 0.1) is 0 Å². The molecule has 0 saturated heterocycles. The summed E-state index contributed by atoms with van der Waals surface area (Å²) in [5.74, 6) is -1.40. The summed E-state index contributed by atoms with van der Waals surface area (Å²) >= 11 is 0. The van der Waals surface area contributed by atoms with Gasteiger partial charge in [0.2, 0.25) is 10.0 Å². The summed E-state index contributed by atoms with van der Waals surface area (Å²) in [4.78, 5) is 23.2. The predicted octanol–water partition coefficient (Wildman–Crippen LogP) is 1.80. The summed E-state index contributed by atoms with van der Waals surface area (Å²) in [6, 6.07) is 3.89. The Morgan fingerprint density at radius 1 is 1.05 bits per heavy atom. The van der Waals surface area contributed by atoms with Gasteiger partial charge in [-0.05, 0) is 24.6 Å². The average Bonchev–Trinajstić information content (AvgIpc) is 2.50. The minimum Gasteiger partial charge on any atom is -0.465 e. The standard InChI is InChI=1S/C14H19NO6S/c1-4-5-6-22(18,19)15-12-8-10(13(16)20-2)7-11(9-12)14(17)21-3/h7-9,15H,4-6H2,1-3H3. The molecular formula is C14H19NO6S. The van der Waals surface area contributed by atoms with Crippen LogP contribution in [-0.4, -0.2) is 40.3 Å². The Balaban J connectivity index is 3.18. The van der Waals surface area contributed by atoms with Crippen LogP contribution in [0.3, 0.4) is 0 Å². The van der Waals surface area contributed by atoms with Crippen molar-refractivity contribution in [2.75, 3.05) is 24.7 Å². The lowest BCUT2D eigenvalue weighted by Gasteiger charge is -2.10. The molecule has 1 rings (SSSR count). The normalized spacial score (nSPS) is 10.9. The van der Waals surface area contributed by atoms with Crippen LogP contribution in [0.25, 0.3) is 0 Å². The van der Waals surface area contributed by atoms with Gasteiger partial charge in [-0.3, -0.25) is 4.72 Å². The highest BCUT2D eigenvalue weighted by molar-refractivity contribution is 7.92. The largest absolute Gasteiger partial charge is 0.465 e. The lowest BCUT2D eigenvalue weighted by Crippen LogP contribution is -2.17. The molecule has 0 saturated carbocycles. The van der Waals surface area contributed by atoms with E-state index in [4.69, 9.17) is 0 Å². The molecule has 0 heterocycles. The van der Waals surface area contributed by atoms with Crippen molar-refractivity contribution in [3.8, 4) is 0 Å². The zero-order valence-corrected chi connectivity index (χ0v) is 13.5. The molecule has 0 bridgehead atoms. The first-order valence-electron chi connectivity index (χ1n) is 6.65. The van der Waals surface area contributed by atoms with Gasteiger partial charge < -0.3 is 9.47 Å². The second kappa shape index (κ2) is 7.79. The Hall–Kier alpha value is -2.09. The second-order valence-corrected chi connectivity index (χ2v) is 6.40. The smallest absolute Gasteiger partial charge is 0.337 e. The molecule has 0 unspecified atom stereocenters. The zero-order chi connectivity index (χ0) is 16.8. The molecule has 0 atom stereocenters. The van der Waals surface area contributed by atoms with Gasteiger partial charge in [0.1, 0.15) is 0 Å². The predicted molar refractivity (Wildman–Crippen MR) is 81.4 cm³/mol. The molecule has 1 aromatic rings. The number of carbonyl (C=O) groups is 2. The van der Waals surface area contributed by atoms with Crippen LogP contribution in [0.5, 0.6) is 0 Å². The molecule has 0 aromatic heterocycles. The zero-order valence-electron chi connectivity index (χ0n) is 12.7. The van der Waals surface area contributed by atoms with E-state index in [-0.39, 0.29) is 22.6 Å². The molecule has 7 nitrogen and oxygen atoms in total. The van der Waals surface area contributed by atoms with Crippen molar-refractivity contribution in [1.29, 1.82) is 0 Å². The minimum absolute atomic E-state index is 0.0422. The van der Waals surface area contributed by atoms with Crippen LogP contribution in [0.1, 0.15) is 40.5 Å². The van der Waals surface area contributed by atoms with Gasteiger partial charge >= 0.3 is 11.9 Å². The molecule has 0 fully saturated rings. The van der Waals surface area contributed by atoms with Crippen LogP contribution in [0.4, 0.5) is 5.69 Å². The quantitative estimate of drug-likeness (QED) is 0.766. The van der Waals surface area contributed by atoms with Crippen LogP contribution < -0.4 is 4.72 Å². The first-order valence-corrected chi connectivity index (χ1v) is 8.30. The van der Waals surface area contributed by atoms with Crippen molar-refractivity contribution < 1.29 is 27.5 Å². The molecule has 22 heavy (non-hydrogen) atoms. The summed E-state index contributed by atoms with van der Waals surface area (Å²) in [6.45, 7) is 1.88. The number of unbranched alkanes of at least 4 members (excludes halogenated alkanes) is 1. The third-order valence-electron chi connectivity index (χ3n) is 2.82. The van der Waals surface area contributed by atoms with E-state index < -0.39 is 22.0 Å². The van der Waals surface area contributed by atoms with Crippen molar-refractivity contribution in [1.82, 2.24) is 0 Å². The van der Waals surface area contributed by atoms with E-state index in [1.165, 1.54) is 32.4 Å². The number of rotatable bonds is 7. The molecule has 0 aliphatic carbocycles. The molecule has 122 valence electrons. The monoisotopic (exact) mass is 329 g/mol. The lowest BCUT2D eigenvalue weighted by atomic mass is 10.1. The van der Waals surface area contributed by atoms with Gasteiger partial charge in [-0.25, -0.2) is 18.0 Å². The summed E-state index contributed by atoms with van der Waals surface area (Å²) in [5, 5.41) is 0. The van der Waals surface area contributed by atoms with E-state index in [2.05, 4.69) is 14.2 Å². The third kappa shape index (κ3) is 5.03. The Kier molecular flexibility index (Phi) is 6.36. The van der Waals surface area contributed by atoms with E-state index >= 15 is 0 Å². The number of hydrogen-bond donors (Lipinski definition) is 1. The molecule has 1 N–H and O–H groups in total. The number of hydrogen-bond acceptors (Lipinski definition) is 6. The van der Waals surface area contributed by atoms with Crippen LogP contribution in [0.15, 0.2) is 18.2 Å². The van der Waals surface area contributed by atoms with Gasteiger partial charge in [0.05, 0.1) is 36.8 Å². The van der Waals surface area contributed by atoms with Crippen molar-refractivity contribution in [2.45, 2.75) is 19.8 Å².